The molecule has 1 aromatic carbocycles. The van der Waals surface area contributed by atoms with Crippen molar-refractivity contribution in [3.8, 4) is 11.6 Å². The van der Waals surface area contributed by atoms with Crippen LogP contribution in [0.3, 0.4) is 0 Å². The second-order valence-corrected chi connectivity index (χ2v) is 4.77. The van der Waals surface area contributed by atoms with Crippen LogP contribution in [-0.2, 0) is 6.54 Å². The molecule has 0 aliphatic carbocycles. The number of nitrogens with zero attached hydrogens (tertiary/aromatic N) is 2. The molecule has 2 aromatic rings. The number of aromatic nitrogens is 2. The summed E-state index contributed by atoms with van der Waals surface area (Å²) in [5.74, 6) is 1.32. The standard InChI is InChI=1S/C13H14BrN3O/c1-9-3-4-12(11(14)5-9)18-13-10(6-15-2)7-16-8-17-13/h3-5,7-8,15H,6H2,1-2H3. The molecule has 5 heteroatoms. The summed E-state index contributed by atoms with van der Waals surface area (Å²) in [6, 6.07) is 5.93. The van der Waals surface area contributed by atoms with Gasteiger partial charge in [0.2, 0.25) is 5.88 Å². The Morgan fingerprint density at radius 2 is 2.22 bits per heavy atom. The van der Waals surface area contributed by atoms with Crippen LogP contribution in [0.1, 0.15) is 11.1 Å². The van der Waals surface area contributed by atoms with E-state index in [9.17, 15) is 0 Å². The summed E-state index contributed by atoms with van der Waals surface area (Å²) in [5, 5.41) is 3.06. The molecule has 0 fully saturated rings. The zero-order chi connectivity index (χ0) is 13.0. The van der Waals surface area contributed by atoms with Crippen LogP contribution in [0.4, 0.5) is 0 Å². The number of nitrogens with one attached hydrogen (secondary N) is 1. The fourth-order valence-electron chi connectivity index (χ4n) is 1.54. The number of hydrogen-bond donors (Lipinski definition) is 1. The van der Waals surface area contributed by atoms with Crippen molar-refractivity contribution in [1.29, 1.82) is 0 Å². The molecule has 0 spiro atoms. The summed E-state index contributed by atoms with van der Waals surface area (Å²) in [4.78, 5) is 8.16. The molecule has 0 aliphatic heterocycles. The molecule has 1 N–H and O–H groups in total. The predicted molar refractivity (Wildman–Crippen MR) is 73.7 cm³/mol. The summed E-state index contributed by atoms with van der Waals surface area (Å²) >= 11 is 3.48. The maximum absolute atomic E-state index is 5.81. The van der Waals surface area contributed by atoms with Crippen molar-refractivity contribution in [3.05, 3.63) is 46.3 Å². The molecule has 4 nitrogen and oxygen atoms in total. The largest absolute Gasteiger partial charge is 0.437 e. The maximum Gasteiger partial charge on any atom is 0.226 e. The number of hydrogen-bond acceptors (Lipinski definition) is 4. The molecule has 0 saturated heterocycles. The molecule has 0 amide bonds. The van der Waals surface area contributed by atoms with E-state index in [0.717, 1.165) is 15.8 Å². The molecule has 1 aromatic heterocycles. The van der Waals surface area contributed by atoms with Gasteiger partial charge in [-0.25, -0.2) is 9.97 Å². The van der Waals surface area contributed by atoms with Gasteiger partial charge in [0.05, 0.1) is 4.47 Å². The molecule has 0 atom stereocenters. The van der Waals surface area contributed by atoms with E-state index >= 15 is 0 Å². The minimum absolute atomic E-state index is 0.573. The first-order valence-corrected chi connectivity index (χ1v) is 6.37. The van der Waals surface area contributed by atoms with Crippen LogP contribution in [-0.4, -0.2) is 17.0 Å². The number of benzene rings is 1. The van der Waals surface area contributed by atoms with E-state index in [1.165, 1.54) is 11.9 Å². The van der Waals surface area contributed by atoms with Crippen LogP contribution < -0.4 is 10.1 Å². The molecular formula is C13H14BrN3O. The van der Waals surface area contributed by atoms with Crippen molar-refractivity contribution in [1.82, 2.24) is 15.3 Å². The highest BCUT2D eigenvalue weighted by atomic mass is 79.9. The normalized spacial score (nSPS) is 10.4. The van der Waals surface area contributed by atoms with E-state index in [0.29, 0.717) is 12.4 Å². The fourth-order valence-corrected chi connectivity index (χ4v) is 2.12. The summed E-state index contributed by atoms with van der Waals surface area (Å²) in [5.41, 5.74) is 2.10. The van der Waals surface area contributed by atoms with Gasteiger partial charge in [0, 0.05) is 18.3 Å². The van der Waals surface area contributed by atoms with Crippen molar-refractivity contribution < 1.29 is 4.74 Å². The van der Waals surface area contributed by atoms with Gasteiger partial charge >= 0.3 is 0 Å². The molecule has 0 bridgehead atoms. The van der Waals surface area contributed by atoms with E-state index < -0.39 is 0 Å². The summed E-state index contributed by atoms with van der Waals surface area (Å²) in [6.07, 6.45) is 3.23. The van der Waals surface area contributed by atoms with Gasteiger partial charge in [0.15, 0.2) is 0 Å². The van der Waals surface area contributed by atoms with Gasteiger partial charge in [-0.3, -0.25) is 0 Å². The third-order valence-corrected chi connectivity index (χ3v) is 3.03. The van der Waals surface area contributed by atoms with E-state index in [4.69, 9.17) is 4.74 Å². The first-order chi connectivity index (χ1) is 8.70. The SMILES string of the molecule is CNCc1cncnc1Oc1ccc(C)cc1Br. The Labute approximate surface area is 115 Å². The van der Waals surface area contributed by atoms with Gasteiger partial charge in [0.1, 0.15) is 12.1 Å². The summed E-state index contributed by atoms with van der Waals surface area (Å²) in [6.45, 7) is 2.70. The summed E-state index contributed by atoms with van der Waals surface area (Å²) in [7, 11) is 1.87. The van der Waals surface area contributed by atoms with E-state index in [2.05, 4.69) is 31.2 Å². The van der Waals surface area contributed by atoms with Crippen LogP contribution in [0.2, 0.25) is 0 Å². The van der Waals surface area contributed by atoms with E-state index in [-0.39, 0.29) is 0 Å². The zero-order valence-electron chi connectivity index (χ0n) is 10.3. The van der Waals surface area contributed by atoms with Gasteiger partial charge in [-0.05, 0) is 47.6 Å². The topological polar surface area (TPSA) is 47.0 Å². The third-order valence-electron chi connectivity index (χ3n) is 2.41. The van der Waals surface area contributed by atoms with Crippen molar-refractivity contribution in [2.75, 3.05) is 7.05 Å². The first kappa shape index (κ1) is 13.0. The Hall–Kier alpha value is -1.46. The second-order valence-electron chi connectivity index (χ2n) is 3.92. The molecule has 18 heavy (non-hydrogen) atoms. The summed E-state index contributed by atoms with van der Waals surface area (Å²) < 4.78 is 6.72. The van der Waals surface area contributed by atoms with Gasteiger partial charge in [-0.1, -0.05) is 6.07 Å². The van der Waals surface area contributed by atoms with Crippen LogP contribution >= 0.6 is 15.9 Å². The third kappa shape index (κ3) is 3.05. The lowest BCUT2D eigenvalue weighted by molar-refractivity contribution is 0.449. The lowest BCUT2D eigenvalue weighted by Gasteiger charge is -2.10. The highest BCUT2D eigenvalue weighted by Gasteiger charge is 2.08. The predicted octanol–water partition coefficient (Wildman–Crippen LogP) is 3.06. The number of halogens is 1. The Morgan fingerprint density at radius 3 is 2.94 bits per heavy atom. The Kier molecular flexibility index (Phi) is 4.28. The quantitative estimate of drug-likeness (QED) is 0.943. The average Bonchev–Trinajstić information content (AvgIpc) is 2.35. The van der Waals surface area contributed by atoms with E-state index in [1.807, 2.05) is 32.2 Å². The first-order valence-electron chi connectivity index (χ1n) is 5.58. The molecule has 1 heterocycles. The molecule has 0 radical (unpaired) electrons. The van der Waals surface area contributed by atoms with Crippen LogP contribution in [0.15, 0.2) is 35.2 Å². The average molecular weight is 308 g/mol. The molecule has 94 valence electrons. The smallest absolute Gasteiger partial charge is 0.226 e. The Bertz CT molecular complexity index is 546. The van der Waals surface area contributed by atoms with Crippen molar-refractivity contribution >= 4 is 15.9 Å². The number of aryl methyl sites for hydroxylation is 1. The molecule has 2 rings (SSSR count). The molecule has 0 unspecified atom stereocenters. The van der Waals surface area contributed by atoms with Crippen LogP contribution in [0.5, 0.6) is 11.6 Å². The van der Waals surface area contributed by atoms with Gasteiger partial charge < -0.3 is 10.1 Å². The van der Waals surface area contributed by atoms with Crippen molar-refractivity contribution in [2.24, 2.45) is 0 Å². The van der Waals surface area contributed by atoms with Crippen molar-refractivity contribution in [3.63, 3.8) is 0 Å². The van der Waals surface area contributed by atoms with E-state index in [1.54, 1.807) is 6.20 Å². The van der Waals surface area contributed by atoms with Crippen LogP contribution in [0.25, 0.3) is 0 Å². The Balaban J connectivity index is 2.28. The van der Waals surface area contributed by atoms with Crippen molar-refractivity contribution in [2.45, 2.75) is 13.5 Å². The zero-order valence-corrected chi connectivity index (χ0v) is 11.9. The van der Waals surface area contributed by atoms with Gasteiger partial charge in [-0.15, -0.1) is 0 Å². The molecular weight excluding hydrogens is 294 g/mol. The number of ether oxygens (including phenoxy) is 1. The van der Waals surface area contributed by atoms with Gasteiger partial charge in [-0.2, -0.15) is 0 Å². The Morgan fingerprint density at radius 1 is 1.39 bits per heavy atom. The highest BCUT2D eigenvalue weighted by molar-refractivity contribution is 9.10. The highest BCUT2D eigenvalue weighted by Crippen LogP contribution is 2.30. The fraction of sp³-hybridized carbons (Fsp3) is 0.231. The maximum atomic E-state index is 5.81. The van der Waals surface area contributed by atoms with Crippen LogP contribution in [0, 0.1) is 6.92 Å². The lowest BCUT2D eigenvalue weighted by atomic mass is 10.2. The minimum atomic E-state index is 0.573. The molecule has 0 aliphatic rings. The monoisotopic (exact) mass is 307 g/mol. The van der Waals surface area contributed by atoms with Gasteiger partial charge in [0.25, 0.3) is 0 Å². The minimum Gasteiger partial charge on any atom is -0.437 e. The second kappa shape index (κ2) is 5.93. The number of rotatable bonds is 4. The lowest BCUT2D eigenvalue weighted by Crippen LogP contribution is -2.07. The molecule has 0 saturated carbocycles.